The average Bonchev–Trinajstić information content (AvgIpc) is 2.66. The number of carbonyl (C=O) groups excluding carboxylic acids is 1. The molecule has 0 aliphatic rings. The summed E-state index contributed by atoms with van der Waals surface area (Å²) in [5.41, 5.74) is 6.31. The number of hydrogen-bond acceptors (Lipinski definition) is 3. The third kappa shape index (κ3) is 4.95. The van der Waals surface area contributed by atoms with E-state index in [0.29, 0.717) is 11.6 Å². The van der Waals surface area contributed by atoms with Crippen molar-refractivity contribution in [1.29, 1.82) is 0 Å². The summed E-state index contributed by atoms with van der Waals surface area (Å²) in [7, 11) is 0. The van der Waals surface area contributed by atoms with Gasteiger partial charge in [-0.05, 0) is 48.6 Å². The number of benzene rings is 2. The summed E-state index contributed by atoms with van der Waals surface area (Å²) in [6.45, 7) is 7.89. The number of nitrogens with zero attached hydrogens (tertiary/aromatic N) is 1. The van der Waals surface area contributed by atoms with Crippen molar-refractivity contribution >= 4 is 28.6 Å². The number of amides is 2. The van der Waals surface area contributed by atoms with Crippen molar-refractivity contribution in [3.63, 3.8) is 0 Å². The largest absolute Gasteiger partial charge is 0.465 e. The first-order valence-electron chi connectivity index (χ1n) is 10.0. The van der Waals surface area contributed by atoms with Crippen LogP contribution in [0, 0.1) is 12.8 Å². The predicted molar refractivity (Wildman–Crippen MR) is 120 cm³/mol. The smallest absolute Gasteiger partial charge is 0.404 e. The van der Waals surface area contributed by atoms with E-state index < -0.39 is 6.09 Å². The van der Waals surface area contributed by atoms with Gasteiger partial charge in [-0.15, -0.1) is 0 Å². The highest BCUT2D eigenvalue weighted by Gasteiger charge is 2.18. The zero-order valence-electron chi connectivity index (χ0n) is 17.7. The highest BCUT2D eigenvalue weighted by molar-refractivity contribution is 6.00. The van der Waals surface area contributed by atoms with E-state index >= 15 is 0 Å². The van der Waals surface area contributed by atoms with Gasteiger partial charge in [-0.3, -0.25) is 9.78 Å². The van der Waals surface area contributed by atoms with E-state index in [4.69, 9.17) is 4.98 Å². The Morgan fingerprint density at radius 1 is 1.10 bits per heavy atom. The van der Waals surface area contributed by atoms with Crippen LogP contribution in [0.2, 0.25) is 0 Å². The van der Waals surface area contributed by atoms with Gasteiger partial charge >= 0.3 is 6.09 Å². The van der Waals surface area contributed by atoms with Gasteiger partial charge in [0.2, 0.25) is 5.91 Å². The van der Waals surface area contributed by atoms with E-state index in [1.165, 1.54) is 6.92 Å². The molecule has 0 unspecified atom stereocenters. The summed E-state index contributed by atoms with van der Waals surface area (Å²) in [6, 6.07) is 13.8. The molecule has 0 aliphatic heterocycles. The Bertz CT molecular complexity index is 1090. The summed E-state index contributed by atoms with van der Waals surface area (Å²) >= 11 is 0. The highest BCUT2D eigenvalue weighted by Crippen LogP contribution is 2.35. The number of fused-ring (bicyclic) bond motifs is 1. The Balaban J connectivity index is 2.33. The van der Waals surface area contributed by atoms with E-state index in [2.05, 4.69) is 24.5 Å². The second-order valence-corrected chi connectivity index (χ2v) is 7.95. The number of rotatable bonds is 6. The van der Waals surface area contributed by atoms with E-state index in [-0.39, 0.29) is 12.5 Å². The number of carboxylic acid groups (broad SMARTS) is 1. The highest BCUT2D eigenvalue weighted by atomic mass is 16.4. The van der Waals surface area contributed by atoms with Gasteiger partial charge in [0.05, 0.1) is 5.52 Å². The Kier molecular flexibility index (Phi) is 6.35. The monoisotopic (exact) mass is 405 g/mol. The van der Waals surface area contributed by atoms with Crippen LogP contribution in [0.15, 0.2) is 42.5 Å². The molecule has 3 rings (SSSR count). The summed E-state index contributed by atoms with van der Waals surface area (Å²) < 4.78 is 0. The molecule has 0 saturated carbocycles. The minimum absolute atomic E-state index is 0.150. The predicted octanol–water partition coefficient (Wildman–Crippen LogP) is 5.13. The number of aryl methyl sites for hydroxylation is 1. The Morgan fingerprint density at radius 3 is 2.40 bits per heavy atom. The lowest BCUT2D eigenvalue weighted by atomic mass is 9.91. The van der Waals surface area contributed by atoms with Gasteiger partial charge in [-0.25, -0.2) is 4.79 Å². The normalized spacial score (nSPS) is 11.0. The first-order chi connectivity index (χ1) is 14.2. The summed E-state index contributed by atoms with van der Waals surface area (Å²) in [4.78, 5) is 27.7. The van der Waals surface area contributed by atoms with E-state index in [0.717, 1.165) is 45.3 Å². The second kappa shape index (κ2) is 8.95. The lowest BCUT2D eigenvalue weighted by Gasteiger charge is -2.19. The van der Waals surface area contributed by atoms with Gasteiger partial charge in [-0.2, -0.15) is 0 Å². The van der Waals surface area contributed by atoms with Crippen LogP contribution in [0.25, 0.3) is 22.0 Å². The summed E-state index contributed by atoms with van der Waals surface area (Å²) in [5.74, 6) is 0.214. The van der Waals surface area contributed by atoms with Crippen molar-refractivity contribution in [1.82, 2.24) is 10.3 Å². The molecule has 30 heavy (non-hydrogen) atoms. The zero-order valence-corrected chi connectivity index (χ0v) is 17.7. The molecule has 0 aliphatic carbocycles. The minimum Gasteiger partial charge on any atom is -0.465 e. The molecule has 3 N–H and O–H groups in total. The number of pyridine rings is 1. The van der Waals surface area contributed by atoms with Crippen LogP contribution in [0.4, 0.5) is 10.5 Å². The lowest BCUT2D eigenvalue weighted by Crippen LogP contribution is -2.22. The molecular formula is C24H27N3O3. The molecule has 0 spiro atoms. The molecule has 2 amide bonds. The molecule has 3 aromatic rings. The number of anilines is 1. The van der Waals surface area contributed by atoms with Crippen LogP contribution < -0.4 is 10.6 Å². The number of nitrogens with one attached hydrogen (secondary N) is 2. The molecule has 0 saturated heterocycles. The Labute approximate surface area is 176 Å². The third-order valence-electron chi connectivity index (χ3n) is 4.85. The van der Waals surface area contributed by atoms with Gasteiger partial charge in [-0.1, -0.05) is 43.7 Å². The molecule has 0 radical (unpaired) electrons. The molecule has 6 nitrogen and oxygen atoms in total. The SMILES string of the molecule is CC(=O)Nc1ccc2nc(CC(C)C)c(CNC(=O)O)c(-c3ccc(C)cc3)c2c1. The van der Waals surface area contributed by atoms with Crippen LogP contribution in [0.1, 0.15) is 37.6 Å². The average molecular weight is 405 g/mol. The molecule has 1 heterocycles. The first kappa shape index (κ1) is 21.3. The number of hydrogen-bond donors (Lipinski definition) is 3. The Hall–Kier alpha value is -3.41. The first-order valence-corrected chi connectivity index (χ1v) is 10.0. The molecule has 2 aromatic carbocycles. The molecule has 156 valence electrons. The topological polar surface area (TPSA) is 91.3 Å². The summed E-state index contributed by atoms with van der Waals surface area (Å²) in [5, 5.41) is 15.4. The lowest BCUT2D eigenvalue weighted by molar-refractivity contribution is -0.114. The van der Waals surface area contributed by atoms with Gasteiger partial charge in [0.15, 0.2) is 0 Å². The van der Waals surface area contributed by atoms with Crippen LogP contribution >= 0.6 is 0 Å². The van der Waals surface area contributed by atoms with Crippen LogP contribution in [0.3, 0.4) is 0 Å². The zero-order chi connectivity index (χ0) is 21.8. The van der Waals surface area contributed by atoms with Crippen LogP contribution in [-0.2, 0) is 17.8 Å². The van der Waals surface area contributed by atoms with Crippen molar-refractivity contribution in [2.24, 2.45) is 5.92 Å². The minimum atomic E-state index is -1.08. The fourth-order valence-electron chi connectivity index (χ4n) is 3.59. The van der Waals surface area contributed by atoms with Crippen molar-refractivity contribution < 1.29 is 14.7 Å². The fourth-order valence-corrected chi connectivity index (χ4v) is 3.59. The maximum atomic E-state index is 11.6. The molecule has 0 bridgehead atoms. The molecule has 1 aromatic heterocycles. The van der Waals surface area contributed by atoms with E-state index in [9.17, 15) is 14.7 Å². The van der Waals surface area contributed by atoms with E-state index in [1.807, 2.05) is 49.4 Å². The second-order valence-electron chi connectivity index (χ2n) is 7.95. The third-order valence-corrected chi connectivity index (χ3v) is 4.85. The van der Waals surface area contributed by atoms with Gasteiger partial charge in [0.25, 0.3) is 0 Å². The maximum absolute atomic E-state index is 11.6. The van der Waals surface area contributed by atoms with E-state index in [1.54, 1.807) is 0 Å². The van der Waals surface area contributed by atoms with Crippen molar-refractivity contribution in [3.8, 4) is 11.1 Å². The Morgan fingerprint density at radius 2 is 1.80 bits per heavy atom. The van der Waals surface area contributed by atoms with Crippen molar-refractivity contribution in [2.75, 3.05) is 5.32 Å². The standard InChI is InChI=1S/C24H27N3O3/c1-14(2)11-22-20(13-25-24(29)30)23(17-7-5-15(3)6-8-17)19-12-18(26-16(4)28)9-10-21(19)27-22/h5-10,12,14,25H,11,13H2,1-4H3,(H,26,28)(H,29,30). The van der Waals surface area contributed by atoms with Gasteiger partial charge < -0.3 is 15.7 Å². The number of carbonyl (C=O) groups is 2. The van der Waals surface area contributed by atoms with Crippen molar-refractivity contribution in [2.45, 2.75) is 40.7 Å². The molecule has 0 atom stereocenters. The molecular weight excluding hydrogens is 378 g/mol. The maximum Gasteiger partial charge on any atom is 0.404 e. The fraction of sp³-hybridized carbons (Fsp3) is 0.292. The van der Waals surface area contributed by atoms with Crippen LogP contribution in [-0.4, -0.2) is 22.1 Å². The number of aromatic nitrogens is 1. The molecule has 6 heteroatoms. The quantitative estimate of drug-likeness (QED) is 0.530. The molecule has 0 fully saturated rings. The van der Waals surface area contributed by atoms with Gasteiger partial charge in [0.1, 0.15) is 0 Å². The van der Waals surface area contributed by atoms with Crippen molar-refractivity contribution in [3.05, 3.63) is 59.3 Å². The van der Waals surface area contributed by atoms with Crippen LogP contribution in [0.5, 0.6) is 0 Å². The van der Waals surface area contributed by atoms with Gasteiger partial charge in [0, 0.05) is 35.8 Å². The summed E-state index contributed by atoms with van der Waals surface area (Å²) in [6.07, 6.45) is -0.341.